The summed E-state index contributed by atoms with van der Waals surface area (Å²) in [5.74, 6) is 0.592. The largest absolute Gasteiger partial charge is 0.393 e. The summed E-state index contributed by atoms with van der Waals surface area (Å²) >= 11 is 0. The first-order valence-electron chi connectivity index (χ1n) is 5.16. The van der Waals surface area contributed by atoms with Crippen LogP contribution in [-0.2, 0) is 4.74 Å². The van der Waals surface area contributed by atoms with Crippen LogP contribution in [0.2, 0.25) is 0 Å². The number of rotatable bonds is 3. The van der Waals surface area contributed by atoms with E-state index in [-0.39, 0.29) is 6.10 Å². The third kappa shape index (κ3) is 1.80. The Bertz CT molecular complexity index is 139. The van der Waals surface area contributed by atoms with Gasteiger partial charge in [0.05, 0.1) is 12.2 Å². The molecule has 2 rings (SSSR count). The Morgan fingerprint density at radius 2 is 2.08 bits per heavy atom. The lowest BCUT2D eigenvalue weighted by atomic mass is 9.78. The lowest BCUT2D eigenvalue weighted by molar-refractivity contribution is 0.00821. The number of ether oxygens (including phenoxy) is 1. The van der Waals surface area contributed by atoms with Crippen molar-refractivity contribution in [2.45, 2.75) is 50.7 Å². The molecular formula is C10H18O2. The molecule has 1 aliphatic carbocycles. The van der Waals surface area contributed by atoms with Crippen LogP contribution in [0.5, 0.6) is 0 Å². The second-order valence-corrected chi connectivity index (χ2v) is 4.12. The Morgan fingerprint density at radius 3 is 2.58 bits per heavy atom. The Hall–Kier alpha value is -0.0800. The molecule has 0 aromatic rings. The molecule has 3 atom stereocenters. The van der Waals surface area contributed by atoms with Gasteiger partial charge in [0, 0.05) is 6.61 Å². The van der Waals surface area contributed by atoms with Gasteiger partial charge in [0.15, 0.2) is 0 Å². The average molecular weight is 170 g/mol. The first-order chi connectivity index (χ1) is 5.86. The molecule has 70 valence electrons. The highest BCUT2D eigenvalue weighted by Gasteiger charge is 2.29. The van der Waals surface area contributed by atoms with Crippen molar-refractivity contribution in [2.24, 2.45) is 5.92 Å². The van der Waals surface area contributed by atoms with Gasteiger partial charge in [0.25, 0.3) is 0 Å². The molecule has 2 aliphatic rings. The van der Waals surface area contributed by atoms with Crippen molar-refractivity contribution in [3.63, 3.8) is 0 Å². The van der Waals surface area contributed by atoms with E-state index in [0.717, 1.165) is 13.0 Å². The zero-order valence-electron chi connectivity index (χ0n) is 7.54. The predicted octanol–water partition coefficient (Wildman–Crippen LogP) is 1.72. The lowest BCUT2D eigenvalue weighted by Crippen LogP contribution is -2.31. The Labute approximate surface area is 73.9 Å². The van der Waals surface area contributed by atoms with Crippen molar-refractivity contribution in [2.75, 3.05) is 6.61 Å². The van der Waals surface area contributed by atoms with Crippen LogP contribution in [-0.4, -0.2) is 23.9 Å². The number of aliphatic hydroxyl groups excluding tert-OH is 1. The topological polar surface area (TPSA) is 29.5 Å². The highest BCUT2D eigenvalue weighted by molar-refractivity contribution is 4.81. The predicted molar refractivity (Wildman–Crippen MR) is 46.9 cm³/mol. The lowest BCUT2D eigenvalue weighted by Gasteiger charge is -2.32. The third-order valence-corrected chi connectivity index (χ3v) is 3.26. The van der Waals surface area contributed by atoms with Crippen molar-refractivity contribution in [3.05, 3.63) is 0 Å². The molecule has 1 saturated heterocycles. The number of hydrogen-bond acceptors (Lipinski definition) is 2. The highest BCUT2D eigenvalue weighted by Crippen LogP contribution is 2.32. The monoisotopic (exact) mass is 170 g/mol. The Morgan fingerprint density at radius 1 is 1.17 bits per heavy atom. The van der Waals surface area contributed by atoms with Gasteiger partial charge in [-0.15, -0.1) is 0 Å². The maximum absolute atomic E-state index is 9.34. The highest BCUT2D eigenvalue weighted by atomic mass is 16.5. The molecule has 0 bridgehead atoms. The quantitative estimate of drug-likeness (QED) is 0.698. The average Bonchev–Trinajstić information content (AvgIpc) is 2.54. The molecule has 1 saturated carbocycles. The fraction of sp³-hybridized carbons (Fsp3) is 1.00. The van der Waals surface area contributed by atoms with E-state index in [1.165, 1.54) is 32.1 Å². The van der Waals surface area contributed by atoms with Gasteiger partial charge in [0.2, 0.25) is 0 Å². The third-order valence-electron chi connectivity index (χ3n) is 3.26. The van der Waals surface area contributed by atoms with Crippen LogP contribution >= 0.6 is 0 Å². The molecule has 0 amide bonds. The van der Waals surface area contributed by atoms with Crippen molar-refractivity contribution in [3.8, 4) is 0 Å². The van der Waals surface area contributed by atoms with Crippen LogP contribution in [0.4, 0.5) is 0 Å². The molecule has 1 N–H and O–H groups in total. The van der Waals surface area contributed by atoms with Gasteiger partial charge in [-0.1, -0.05) is 0 Å². The van der Waals surface area contributed by atoms with Crippen LogP contribution in [0.25, 0.3) is 0 Å². The molecule has 1 aliphatic heterocycles. The van der Waals surface area contributed by atoms with E-state index in [4.69, 9.17) is 4.74 Å². The first kappa shape index (κ1) is 8.52. The van der Waals surface area contributed by atoms with E-state index >= 15 is 0 Å². The summed E-state index contributed by atoms with van der Waals surface area (Å²) in [6.45, 7) is 0.956. The van der Waals surface area contributed by atoms with Crippen molar-refractivity contribution < 1.29 is 9.84 Å². The van der Waals surface area contributed by atoms with Gasteiger partial charge in [-0.25, -0.2) is 0 Å². The summed E-state index contributed by atoms with van der Waals surface area (Å²) in [5.41, 5.74) is 0. The van der Waals surface area contributed by atoms with E-state index in [9.17, 15) is 5.11 Å². The van der Waals surface area contributed by atoms with Crippen LogP contribution in [0, 0.1) is 5.92 Å². The second kappa shape index (κ2) is 3.75. The van der Waals surface area contributed by atoms with Crippen molar-refractivity contribution in [1.82, 2.24) is 0 Å². The van der Waals surface area contributed by atoms with Crippen LogP contribution in [0.15, 0.2) is 0 Å². The molecule has 2 nitrogen and oxygen atoms in total. The maximum atomic E-state index is 9.34. The molecule has 1 heterocycles. The zero-order chi connectivity index (χ0) is 8.39. The van der Waals surface area contributed by atoms with Crippen LogP contribution in [0.1, 0.15) is 38.5 Å². The van der Waals surface area contributed by atoms with Gasteiger partial charge in [0.1, 0.15) is 0 Å². The van der Waals surface area contributed by atoms with Crippen LogP contribution in [0.3, 0.4) is 0 Å². The minimum absolute atomic E-state index is 0.00593. The van der Waals surface area contributed by atoms with Crippen molar-refractivity contribution in [1.29, 1.82) is 0 Å². The summed E-state index contributed by atoms with van der Waals surface area (Å²) in [6, 6.07) is 0. The number of aliphatic hydroxyl groups is 1. The van der Waals surface area contributed by atoms with Gasteiger partial charge in [-0.3, -0.25) is 0 Å². The SMILES string of the molecule is OC1CCC1CCC1CCCO1. The number of hydrogen-bond donors (Lipinski definition) is 1. The summed E-state index contributed by atoms with van der Waals surface area (Å²) in [6.07, 6.45) is 7.59. The minimum atomic E-state index is 0.00593. The van der Waals surface area contributed by atoms with E-state index in [1.807, 2.05) is 0 Å². The standard InChI is InChI=1S/C10H18O2/c11-10-6-4-8(10)3-5-9-2-1-7-12-9/h8-11H,1-7H2. The molecule has 0 spiro atoms. The molecule has 2 heteroatoms. The fourth-order valence-electron chi connectivity index (χ4n) is 2.16. The first-order valence-corrected chi connectivity index (χ1v) is 5.16. The van der Waals surface area contributed by atoms with E-state index in [1.54, 1.807) is 0 Å². The van der Waals surface area contributed by atoms with E-state index in [0.29, 0.717) is 12.0 Å². The second-order valence-electron chi connectivity index (χ2n) is 4.12. The Kier molecular flexibility index (Phi) is 2.66. The Balaban J connectivity index is 1.61. The molecule has 0 radical (unpaired) electrons. The van der Waals surface area contributed by atoms with E-state index < -0.39 is 0 Å². The van der Waals surface area contributed by atoms with E-state index in [2.05, 4.69) is 0 Å². The van der Waals surface area contributed by atoms with Gasteiger partial charge in [-0.2, -0.15) is 0 Å². The van der Waals surface area contributed by atoms with Gasteiger partial charge in [-0.05, 0) is 44.4 Å². The van der Waals surface area contributed by atoms with Crippen molar-refractivity contribution >= 4 is 0 Å². The summed E-state index contributed by atoms with van der Waals surface area (Å²) in [5, 5.41) is 9.34. The summed E-state index contributed by atoms with van der Waals surface area (Å²) in [4.78, 5) is 0. The zero-order valence-corrected chi connectivity index (χ0v) is 7.54. The normalized spacial score (nSPS) is 41.2. The molecule has 3 unspecified atom stereocenters. The molecule has 0 aromatic carbocycles. The molecule has 0 aromatic heterocycles. The summed E-state index contributed by atoms with van der Waals surface area (Å²) < 4.78 is 5.53. The summed E-state index contributed by atoms with van der Waals surface area (Å²) in [7, 11) is 0. The minimum Gasteiger partial charge on any atom is -0.393 e. The maximum Gasteiger partial charge on any atom is 0.0576 e. The molecular weight excluding hydrogens is 152 g/mol. The smallest absolute Gasteiger partial charge is 0.0576 e. The van der Waals surface area contributed by atoms with Crippen LogP contribution < -0.4 is 0 Å². The molecule has 12 heavy (non-hydrogen) atoms. The van der Waals surface area contributed by atoms with Gasteiger partial charge < -0.3 is 9.84 Å². The van der Waals surface area contributed by atoms with Gasteiger partial charge >= 0.3 is 0 Å². The fourth-order valence-corrected chi connectivity index (χ4v) is 2.16. The molecule has 2 fully saturated rings.